The van der Waals surface area contributed by atoms with E-state index in [0.717, 1.165) is 12.8 Å². The first-order valence-corrected chi connectivity index (χ1v) is 8.01. The number of unbranched alkanes of at least 4 members (excludes halogenated alkanes) is 1. The lowest BCUT2D eigenvalue weighted by Gasteiger charge is -2.14. The average molecular weight is 361 g/mol. The van der Waals surface area contributed by atoms with Gasteiger partial charge >= 0.3 is 5.97 Å². The first-order chi connectivity index (χ1) is 12.5. The fourth-order valence-corrected chi connectivity index (χ4v) is 2.05. The van der Waals surface area contributed by atoms with Gasteiger partial charge in [0.15, 0.2) is 11.5 Å². The van der Waals surface area contributed by atoms with Crippen LogP contribution in [-0.4, -0.2) is 39.8 Å². The van der Waals surface area contributed by atoms with Gasteiger partial charge in [0.2, 0.25) is 0 Å². The number of methoxy groups -OCH3 is 3. The van der Waals surface area contributed by atoms with E-state index in [-0.39, 0.29) is 11.1 Å². The molecular formula is C18H23N3O5. The fraction of sp³-hybridized carbons (Fsp3) is 0.389. The number of carbonyl (C=O) groups excluding carboxylic acids is 2. The Hall–Kier alpha value is -3.21. The number of amides is 1. The Morgan fingerprint density at radius 2 is 1.85 bits per heavy atom. The van der Waals surface area contributed by atoms with Gasteiger partial charge in [0, 0.05) is 24.9 Å². The Bertz CT molecular complexity index is 722. The SMILES string of the molecule is CCCCNC(=O)/C(C#N)=C\Nc1cc(OC)c(OC)cc1C(=O)OC. The van der Waals surface area contributed by atoms with Gasteiger partial charge in [-0.1, -0.05) is 13.3 Å². The van der Waals surface area contributed by atoms with Crippen molar-refractivity contribution in [2.45, 2.75) is 19.8 Å². The number of ether oxygens (including phenoxy) is 3. The molecule has 0 aromatic heterocycles. The third-order valence-corrected chi connectivity index (χ3v) is 3.48. The summed E-state index contributed by atoms with van der Waals surface area (Å²) in [5, 5.41) is 14.6. The van der Waals surface area contributed by atoms with E-state index in [2.05, 4.69) is 10.6 Å². The minimum Gasteiger partial charge on any atom is -0.493 e. The van der Waals surface area contributed by atoms with E-state index in [1.54, 1.807) is 0 Å². The number of nitrogens with zero attached hydrogens (tertiary/aromatic N) is 1. The van der Waals surface area contributed by atoms with Gasteiger partial charge < -0.3 is 24.8 Å². The lowest BCUT2D eigenvalue weighted by Crippen LogP contribution is -2.26. The molecule has 0 spiro atoms. The van der Waals surface area contributed by atoms with Crippen LogP contribution in [0, 0.1) is 11.3 Å². The molecule has 0 saturated heterocycles. The molecule has 1 aromatic rings. The van der Waals surface area contributed by atoms with Crippen molar-refractivity contribution >= 4 is 17.6 Å². The third kappa shape index (κ3) is 5.41. The summed E-state index contributed by atoms with van der Waals surface area (Å²) >= 11 is 0. The van der Waals surface area contributed by atoms with Crippen molar-refractivity contribution in [1.82, 2.24) is 5.32 Å². The Morgan fingerprint density at radius 3 is 2.38 bits per heavy atom. The Balaban J connectivity index is 3.14. The number of hydrogen-bond donors (Lipinski definition) is 2. The highest BCUT2D eigenvalue weighted by molar-refractivity contribution is 5.99. The zero-order valence-corrected chi connectivity index (χ0v) is 15.3. The van der Waals surface area contributed by atoms with Crippen LogP contribution in [0.4, 0.5) is 5.69 Å². The van der Waals surface area contributed by atoms with E-state index < -0.39 is 11.9 Å². The Kier molecular flexibility index (Phi) is 8.50. The van der Waals surface area contributed by atoms with Gasteiger partial charge in [-0.15, -0.1) is 0 Å². The predicted octanol–water partition coefficient (Wildman–Crippen LogP) is 2.23. The number of nitrogens with one attached hydrogen (secondary N) is 2. The van der Waals surface area contributed by atoms with Gasteiger partial charge in [-0.3, -0.25) is 4.79 Å². The van der Waals surface area contributed by atoms with Crippen LogP contribution in [0.1, 0.15) is 30.1 Å². The molecular weight excluding hydrogens is 338 g/mol. The van der Waals surface area contributed by atoms with Gasteiger partial charge in [-0.2, -0.15) is 5.26 Å². The van der Waals surface area contributed by atoms with Gasteiger partial charge in [-0.05, 0) is 6.42 Å². The quantitative estimate of drug-likeness (QED) is 0.300. The third-order valence-electron chi connectivity index (χ3n) is 3.48. The second-order valence-electron chi connectivity index (χ2n) is 5.17. The molecule has 0 radical (unpaired) electrons. The van der Waals surface area contributed by atoms with Crippen LogP contribution in [0.2, 0.25) is 0 Å². The molecule has 0 aliphatic rings. The molecule has 1 aromatic carbocycles. The van der Waals surface area contributed by atoms with E-state index >= 15 is 0 Å². The highest BCUT2D eigenvalue weighted by Gasteiger charge is 2.17. The number of hydrogen-bond acceptors (Lipinski definition) is 7. The molecule has 0 unspecified atom stereocenters. The number of rotatable bonds is 9. The van der Waals surface area contributed by atoms with Crippen molar-refractivity contribution < 1.29 is 23.8 Å². The summed E-state index contributed by atoms with van der Waals surface area (Å²) in [6.07, 6.45) is 2.98. The minimum absolute atomic E-state index is 0.119. The van der Waals surface area contributed by atoms with E-state index in [1.165, 1.54) is 39.7 Å². The second kappa shape index (κ2) is 10.6. The largest absolute Gasteiger partial charge is 0.493 e. The number of nitriles is 1. The maximum absolute atomic E-state index is 12.0. The van der Waals surface area contributed by atoms with Crippen LogP contribution in [0.5, 0.6) is 11.5 Å². The number of benzene rings is 1. The molecule has 0 saturated carbocycles. The van der Waals surface area contributed by atoms with Crippen molar-refractivity contribution in [3.05, 3.63) is 29.5 Å². The zero-order valence-electron chi connectivity index (χ0n) is 15.3. The van der Waals surface area contributed by atoms with Crippen molar-refractivity contribution in [2.75, 3.05) is 33.2 Å². The molecule has 1 amide bonds. The molecule has 0 aliphatic carbocycles. The summed E-state index contributed by atoms with van der Waals surface area (Å²) in [7, 11) is 4.15. The lowest BCUT2D eigenvalue weighted by molar-refractivity contribution is -0.117. The molecule has 26 heavy (non-hydrogen) atoms. The number of esters is 1. The van der Waals surface area contributed by atoms with Crippen molar-refractivity contribution in [3.63, 3.8) is 0 Å². The summed E-state index contributed by atoms with van der Waals surface area (Å²) in [5.41, 5.74) is 0.361. The molecule has 0 fully saturated rings. The topological polar surface area (TPSA) is 110 Å². The standard InChI is InChI=1S/C18H23N3O5/c1-5-6-7-20-17(22)12(10-19)11-21-14-9-16(25-3)15(24-2)8-13(14)18(23)26-4/h8-9,11,21H,5-7H2,1-4H3,(H,20,22)/b12-11-. The smallest absolute Gasteiger partial charge is 0.340 e. The zero-order chi connectivity index (χ0) is 19.5. The fourth-order valence-electron chi connectivity index (χ4n) is 2.05. The molecule has 140 valence electrons. The first-order valence-electron chi connectivity index (χ1n) is 8.01. The average Bonchev–Trinajstić information content (AvgIpc) is 2.67. The van der Waals surface area contributed by atoms with E-state index in [9.17, 15) is 14.9 Å². The molecule has 2 N–H and O–H groups in total. The molecule has 0 atom stereocenters. The van der Waals surface area contributed by atoms with Gasteiger partial charge in [0.1, 0.15) is 11.6 Å². The van der Waals surface area contributed by atoms with Crippen LogP contribution >= 0.6 is 0 Å². The predicted molar refractivity (Wildman–Crippen MR) is 96.1 cm³/mol. The van der Waals surface area contributed by atoms with Crippen molar-refractivity contribution in [3.8, 4) is 17.6 Å². The van der Waals surface area contributed by atoms with Gasteiger partial charge in [0.25, 0.3) is 5.91 Å². The monoisotopic (exact) mass is 361 g/mol. The second-order valence-corrected chi connectivity index (χ2v) is 5.17. The molecule has 1 rings (SSSR count). The molecule has 8 nitrogen and oxygen atoms in total. The highest BCUT2D eigenvalue weighted by atomic mass is 16.5. The van der Waals surface area contributed by atoms with Crippen molar-refractivity contribution in [2.24, 2.45) is 0 Å². The van der Waals surface area contributed by atoms with Crippen LogP contribution in [0.15, 0.2) is 23.9 Å². The maximum atomic E-state index is 12.0. The molecule has 8 heteroatoms. The first kappa shape index (κ1) is 20.8. The van der Waals surface area contributed by atoms with Crippen LogP contribution in [-0.2, 0) is 9.53 Å². The van der Waals surface area contributed by atoms with E-state index in [0.29, 0.717) is 23.7 Å². The summed E-state index contributed by atoms with van der Waals surface area (Å²) in [5.74, 6) is -0.372. The highest BCUT2D eigenvalue weighted by Crippen LogP contribution is 2.33. The molecule has 0 heterocycles. The normalized spacial score (nSPS) is 10.5. The van der Waals surface area contributed by atoms with Crippen LogP contribution in [0.25, 0.3) is 0 Å². The summed E-state index contributed by atoms with van der Waals surface area (Å²) in [6.45, 7) is 2.48. The number of anilines is 1. The number of carbonyl (C=O) groups is 2. The molecule has 0 aliphatic heterocycles. The lowest BCUT2D eigenvalue weighted by atomic mass is 10.1. The molecule has 0 bridgehead atoms. The minimum atomic E-state index is -0.604. The Morgan fingerprint density at radius 1 is 1.19 bits per heavy atom. The van der Waals surface area contributed by atoms with E-state index in [1.807, 2.05) is 13.0 Å². The van der Waals surface area contributed by atoms with Crippen LogP contribution in [0.3, 0.4) is 0 Å². The van der Waals surface area contributed by atoms with Gasteiger partial charge in [0.05, 0.1) is 32.6 Å². The maximum Gasteiger partial charge on any atom is 0.340 e. The summed E-state index contributed by atoms with van der Waals surface area (Å²) < 4.78 is 15.1. The summed E-state index contributed by atoms with van der Waals surface area (Å²) in [4.78, 5) is 24.0. The van der Waals surface area contributed by atoms with Crippen molar-refractivity contribution in [1.29, 1.82) is 5.26 Å². The van der Waals surface area contributed by atoms with E-state index in [4.69, 9.17) is 14.2 Å². The van der Waals surface area contributed by atoms with Gasteiger partial charge in [-0.25, -0.2) is 4.79 Å². The Labute approximate surface area is 152 Å². The van der Waals surface area contributed by atoms with Crippen LogP contribution < -0.4 is 20.1 Å². The summed E-state index contributed by atoms with van der Waals surface area (Å²) in [6, 6.07) is 4.80.